The Hall–Kier alpha value is -3.45. The van der Waals surface area contributed by atoms with Gasteiger partial charge in [0.25, 0.3) is 0 Å². The lowest BCUT2D eigenvalue weighted by Gasteiger charge is -2.02. The quantitative estimate of drug-likeness (QED) is 0.471. The summed E-state index contributed by atoms with van der Waals surface area (Å²) in [7, 11) is 0. The van der Waals surface area contributed by atoms with E-state index in [2.05, 4.69) is 66.7 Å². The SMILES string of the molecule is O=C1C=CC2=c3ccccc3=CC2=C1.c1ccc2c(c1)Cc1ccccc1-2. The Bertz CT molecular complexity index is 1210. The number of ketones is 1. The van der Waals surface area contributed by atoms with Crippen molar-refractivity contribution in [3.8, 4) is 11.1 Å². The van der Waals surface area contributed by atoms with Gasteiger partial charge in [0.15, 0.2) is 5.78 Å². The molecule has 6 rings (SSSR count). The number of benzene rings is 3. The van der Waals surface area contributed by atoms with Gasteiger partial charge in [-0.3, -0.25) is 4.79 Å². The molecule has 0 heterocycles. The Balaban J connectivity index is 0.000000119. The largest absolute Gasteiger partial charge is 0.290 e. The molecule has 0 amide bonds. The van der Waals surface area contributed by atoms with Crippen LogP contribution in [0.1, 0.15) is 11.1 Å². The predicted octanol–water partition coefficient (Wildman–Crippen LogP) is 3.95. The lowest BCUT2D eigenvalue weighted by molar-refractivity contribution is -0.110. The monoisotopic (exact) mass is 346 g/mol. The highest BCUT2D eigenvalue weighted by Gasteiger charge is 2.16. The number of carbonyl (C=O) groups excluding carboxylic acids is 1. The molecule has 3 aliphatic carbocycles. The van der Waals surface area contributed by atoms with E-state index in [0.29, 0.717) is 0 Å². The molecule has 0 radical (unpaired) electrons. The molecule has 0 aromatic heterocycles. The molecule has 0 atom stereocenters. The number of hydrogen-bond acceptors (Lipinski definition) is 1. The first-order valence-electron chi connectivity index (χ1n) is 9.21. The number of hydrogen-bond donors (Lipinski definition) is 0. The average molecular weight is 346 g/mol. The van der Waals surface area contributed by atoms with E-state index in [1.165, 1.54) is 38.3 Å². The van der Waals surface area contributed by atoms with E-state index >= 15 is 0 Å². The van der Waals surface area contributed by atoms with E-state index < -0.39 is 0 Å². The molecule has 3 aromatic carbocycles. The van der Waals surface area contributed by atoms with Crippen LogP contribution in [0.4, 0.5) is 0 Å². The lowest BCUT2D eigenvalue weighted by atomic mass is 10.0. The number of rotatable bonds is 0. The van der Waals surface area contributed by atoms with E-state index in [-0.39, 0.29) is 5.78 Å². The molecule has 128 valence electrons. The van der Waals surface area contributed by atoms with Gasteiger partial charge >= 0.3 is 0 Å². The van der Waals surface area contributed by atoms with Crippen LogP contribution in [0.3, 0.4) is 0 Å². The van der Waals surface area contributed by atoms with Gasteiger partial charge in [0.1, 0.15) is 0 Å². The fourth-order valence-electron chi connectivity index (χ4n) is 4.02. The van der Waals surface area contributed by atoms with Crippen molar-refractivity contribution in [2.45, 2.75) is 6.42 Å². The fourth-order valence-corrected chi connectivity index (χ4v) is 4.02. The zero-order valence-corrected chi connectivity index (χ0v) is 14.9. The van der Waals surface area contributed by atoms with E-state index in [9.17, 15) is 4.79 Å². The first-order chi connectivity index (χ1) is 13.3. The molecular weight excluding hydrogens is 328 g/mol. The summed E-state index contributed by atoms with van der Waals surface area (Å²) in [5.41, 5.74) is 7.96. The summed E-state index contributed by atoms with van der Waals surface area (Å²) in [5.74, 6) is 0.0767. The zero-order valence-electron chi connectivity index (χ0n) is 14.9. The van der Waals surface area contributed by atoms with Gasteiger partial charge < -0.3 is 0 Å². The molecule has 0 bridgehead atoms. The molecule has 3 aromatic rings. The third kappa shape index (κ3) is 2.78. The van der Waals surface area contributed by atoms with Crippen LogP contribution in [0.25, 0.3) is 22.8 Å². The zero-order chi connectivity index (χ0) is 18.2. The minimum absolute atomic E-state index is 0.0767. The maximum absolute atomic E-state index is 11.2. The molecule has 0 fully saturated rings. The van der Waals surface area contributed by atoms with Crippen LogP contribution in [0.2, 0.25) is 0 Å². The molecule has 1 heteroatoms. The van der Waals surface area contributed by atoms with Crippen LogP contribution in [-0.4, -0.2) is 5.78 Å². The second kappa shape index (κ2) is 6.37. The first-order valence-corrected chi connectivity index (χ1v) is 9.21. The average Bonchev–Trinajstić information content (AvgIpc) is 3.26. The fraction of sp³-hybridized carbons (Fsp3) is 0.0385. The second-order valence-electron chi connectivity index (χ2n) is 6.97. The standard InChI is InChI=1S/C13H8O.C13H10/c14-11-5-6-13-10(8-11)7-9-3-1-2-4-12(9)13;1-3-7-12-10(5-1)9-11-6-2-4-8-13(11)12/h1-8H;1-8H,9H2. The van der Waals surface area contributed by atoms with Gasteiger partial charge in [0.2, 0.25) is 0 Å². The molecular formula is C26H18O. The molecule has 0 saturated heterocycles. The van der Waals surface area contributed by atoms with Crippen LogP contribution >= 0.6 is 0 Å². The van der Waals surface area contributed by atoms with Crippen molar-refractivity contribution < 1.29 is 4.79 Å². The molecule has 0 spiro atoms. The maximum atomic E-state index is 11.2. The predicted molar refractivity (Wildman–Crippen MR) is 110 cm³/mol. The Kier molecular flexibility index (Phi) is 3.72. The van der Waals surface area contributed by atoms with E-state index in [4.69, 9.17) is 0 Å². The Morgan fingerprint density at radius 3 is 2.00 bits per heavy atom. The molecule has 27 heavy (non-hydrogen) atoms. The van der Waals surface area contributed by atoms with E-state index in [1.54, 1.807) is 12.2 Å². The minimum atomic E-state index is 0.0767. The van der Waals surface area contributed by atoms with Crippen molar-refractivity contribution in [2.24, 2.45) is 0 Å². The van der Waals surface area contributed by atoms with Gasteiger partial charge in [-0.05, 0) is 74.6 Å². The van der Waals surface area contributed by atoms with Gasteiger partial charge in [-0.2, -0.15) is 0 Å². The smallest absolute Gasteiger partial charge is 0.179 e. The van der Waals surface area contributed by atoms with Crippen molar-refractivity contribution in [3.63, 3.8) is 0 Å². The van der Waals surface area contributed by atoms with Crippen LogP contribution in [0.5, 0.6) is 0 Å². The lowest BCUT2D eigenvalue weighted by Crippen LogP contribution is -2.21. The summed E-state index contributed by atoms with van der Waals surface area (Å²) < 4.78 is 0. The third-order valence-electron chi connectivity index (χ3n) is 5.29. The summed E-state index contributed by atoms with van der Waals surface area (Å²) in [6.45, 7) is 0. The Morgan fingerprint density at radius 2 is 1.26 bits per heavy atom. The molecule has 1 nitrogen and oxygen atoms in total. The second-order valence-corrected chi connectivity index (χ2v) is 6.97. The Labute approximate surface area is 158 Å². The molecule has 0 N–H and O–H groups in total. The molecule has 0 aliphatic heterocycles. The highest BCUT2D eigenvalue weighted by Crippen LogP contribution is 2.35. The normalized spacial score (nSPS) is 14.9. The van der Waals surface area contributed by atoms with E-state index in [1.807, 2.05) is 18.2 Å². The number of carbonyl (C=O) groups is 1. The van der Waals surface area contributed by atoms with Gasteiger partial charge in [0, 0.05) is 0 Å². The van der Waals surface area contributed by atoms with Crippen molar-refractivity contribution in [1.29, 1.82) is 0 Å². The Morgan fingerprint density at radius 1 is 0.630 bits per heavy atom. The molecule has 0 saturated carbocycles. The van der Waals surface area contributed by atoms with Gasteiger partial charge in [0.05, 0.1) is 0 Å². The topological polar surface area (TPSA) is 17.1 Å². The van der Waals surface area contributed by atoms with Crippen LogP contribution in [0.15, 0.2) is 96.6 Å². The van der Waals surface area contributed by atoms with Gasteiger partial charge in [-0.1, -0.05) is 72.8 Å². The summed E-state index contributed by atoms with van der Waals surface area (Å²) >= 11 is 0. The maximum Gasteiger partial charge on any atom is 0.179 e. The van der Waals surface area contributed by atoms with Crippen molar-refractivity contribution in [2.75, 3.05) is 0 Å². The number of fused-ring (bicyclic) bond motifs is 5. The van der Waals surface area contributed by atoms with Crippen molar-refractivity contribution in [3.05, 3.63) is 118 Å². The van der Waals surface area contributed by atoms with E-state index in [0.717, 1.165) is 12.0 Å². The van der Waals surface area contributed by atoms with Crippen molar-refractivity contribution in [1.82, 2.24) is 0 Å². The molecule has 3 aliphatic rings. The summed E-state index contributed by atoms with van der Waals surface area (Å²) in [4.78, 5) is 11.2. The van der Waals surface area contributed by atoms with Crippen molar-refractivity contribution >= 4 is 17.4 Å². The summed E-state index contributed by atoms with van der Waals surface area (Å²) in [5, 5.41) is 2.43. The van der Waals surface area contributed by atoms with Gasteiger partial charge in [-0.15, -0.1) is 0 Å². The van der Waals surface area contributed by atoms with Crippen LogP contribution < -0.4 is 10.4 Å². The highest BCUT2D eigenvalue weighted by molar-refractivity contribution is 6.09. The first kappa shape index (κ1) is 15.8. The highest BCUT2D eigenvalue weighted by atomic mass is 16.1. The van der Waals surface area contributed by atoms with Crippen LogP contribution in [0, 0.1) is 0 Å². The summed E-state index contributed by atoms with van der Waals surface area (Å²) in [6.07, 6.45) is 8.38. The van der Waals surface area contributed by atoms with Crippen LogP contribution in [-0.2, 0) is 11.2 Å². The molecule has 0 unspecified atom stereocenters. The minimum Gasteiger partial charge on any atom is -0.290 e. The third-order valence-corrected chi connectivity index (χ3v) is 5.29. The number of allylic oxidation sites excluding steroid dienone is 4. The summed E-state index contributed by atoms with van der Waals surface area (Å²) in [6, 6.07) is 25.5. The van der Waals surface area contributed by atoms with Gasteiger partial charge in [-0.25, -0.2) is 0 Å².